The number of hydrogen-bond acceptors (Lipinski definition) is 4. The van der Waals surface area contributed by atoms with Crippen molar-refractivity contribution in [3.05, 3.63) is 95.7 Å². The summed E-state index contributed by atoms with van der Waals surface area (Å²) < 4.78 is 0. The first-order chi connectivity index (χ1) is 17.0. The quantitative estimate of drug-likeness (QED) is 0.281. The Bertz CT molecular complexity index is 1640. The predicted octanol–water partition coefficient (Wildman–Crippen LogP) is 5.06. The first kappa shape index (κ1) is 20.8. The minimum absolute atomic E-state index is 0.164. The van der Waals surface area contributed by atoms with Gasteiger partial charge >= 0.3 is 0 Å². The fraction of sp³-hybridized carbons (Fsp3) is 0.0714. The molecule has 0 fully saturated rings. The highest BCUT2D eigenvalue weighted by molar-refractivity contribution is 6.11. The summed E-state index contributed by atoms with van der Waals surface area (Å²) in [6.07, 6.45) is 0.726. The van der Waals surface area contributed by atoms with Crippen LogP contribution in [0.2, 0.25) is 0 Å². The molecule has 0 atom stereocenters. The van der Waals surface area contributed by atoms with Gasteiger partial charge in [-0.05, 0) is 65.9 Å². The molecule has 172 valence electrons. The van der Waals surface area contributed by atoms with Crippen LogP contribution in [0, 0.1) is 0 Å². The lowest BCUT2D eigenvalue weighted by Gasteiger charge is -2.17. The third-order valence-corrected chi connectivity index (χ3v) is 6.51. The molecule has 0 unspecified atom stereocenters. The van der Waals surface area contributed by atoms with Crippen LogP contribution in [-0.2, 0) is 6.42 Å². The summed E-state index contributed by atoms with van der Waals surface area (Å²) in [6, 6.07) is 23.3. The van der Waals surface area contributed by atoms with Crippen LogP contribution < -0.4 is 16.0 Å². The molecule has 35 heavy (non-hydrogen) atoms. The summed E-state index contributed by atoms with van der Waals surface area (Å²) >= 11 is 0. The first-order valence-electron chi connectivity index (χ1n) is 11.3. The minimum atomic E-state index is -0.239. The predicted molar refractivity (Wildman–Crippen MR) is 138 cm³/mol. The van der Waals surface area contributed by atoms with Crippen molar-refractivity contribution in [2.24, 2.45) is 0 Å². The van der Waals surface area contributed by atoms with Crippen LogP contribution in [0.25, 0.3) is 21.7 Å². The summed E-state index contributed by atoms with van der Waals surface area (Å²) in [7, 11) is 0. The number of rotatable bonds is 3. The maximum absolute atomic E-state index is 13.4. The number of phenolic OH excluding ortho intramolecular Hbond substituents is 1. The van der Waals surface area contributed by atoms with Gasteiger partial charge in [0.2, 0.25) is 0 Å². The van der Waals surface area contributed by atoms with Crippen molar-refractivity contribution >= 4 is 50.6 Å². The van der Waals surface area contributed by atoms with E-state index in [0.717, 1.165) is 39.3 Å². The van der Waals surface area contributed by atoms with Crippen LogP contribution in [0.4, 0.5) is 17.1 Å². The minimum Gasteiger partial charge on any atom is -0.507 e. The summed E-state index contributed by atoms with van der Waals surface area (Å²) in [5.74, 6) is -0.240. The Labute approximate surface area is 200 Å². The highest BCUT2D eigenvalue weighted by Gasteiger charge is 2.29. The van der Waals surface area contributed by atoms with Gasteiger partial charge in [0.1, 0.15) is 11.4 Å². The molecule has 5 aromatic rings. The molecule has 1 aliphatic heterocycles. The van der Waals surface area contributed by atoms with E-state index in [2.05, 4.69) is 10.3 Å². The number of aromatic nitrogens is 1. The van der Waals surface area contributed by atoms with Crippen LogP contribution in [0.1, 0.15) is 26.4 Å². The third kappa shape index (κ3) is 3.54. The Morgan fingerprint density at radius 3 is 2.51 bits per heavy atom. The Balaban J connectivity index is 1.28. The fourth-order valence-corrected chi connectivity index (χ4v) is 4.77. The van der Waals surface area contributed by atoms with Crippen molar-refractivity contribution in [1.29, 1.82) is 0 Å². The average molecular weight is 463 g/mol. The van der Waals surface area contributed by atoms with Crippen molar-refractivity contribution in [2.75, 3.05) is 22.5 Å². The molecule has 0 saturated carbocycles. The molecule has 2 amide bonds. The molecule has 6 rings (SSSR count). The summed E-state index contributed by atoms with van der Waals surface area (Å²) in [4.78, 5) is 30.9. The number of anilines is 3. The van der Waals surface area contributed by atoms with Crippen molar-refractivity contribution in [3.8, 4) is 5.75 Å². The molecule has 0 aliphatic carbocycles. The SMILES string of the molecule is Nc1ccc(C(=O)Nc2ccc3[nH]c(C(=O)N4CCc5c4cc(O)c4ccccc54)cc3c2)cc1. The lowest BCUT2D eigenvalue weighted by atomic mass is 10.0. The lowest BCUT2D eigenvalue weighted by molar-refractivity contribution is 0.0984. The molecular formula is C28H22N4O3. The lowest BCUT2D eigenvalue weighted by Crippen LogP contribution is -2.29. The van der Waals surface area contributed by atoms with Gasteiger partial charge in [0, 0.05) is 45.8 Å². The first-order valence-corrected chi connectivity index (χ1v) is 11.3. The zero-order chi connectivity index (χ0) is 24.1. The Kier molecular flexibility index (Phi) is 4.70. The van der Waals surface area contributed by atoms with Gasteiger partial charge in [0.25, 0.3) is 11.8 Å². The highest BCUT2D eigenvalue weighted by Crippen LogP contribution is 2.40. The fourth-order valence-electron chi connectivity index (χ4n) is 4.77. The van der Waals surface area contributed by atoms with E-state index in [9.17, 15) is 14.7 Å². The molecule has 0 radical (unpaired) electrons. The van der Waals surface area contributed by atoms with Gasteiger partial charge in [-0.25, -0.2) is 0 Å². The molecule has 1 aromatic heterocycles. The number of nitrogens with two attached hydrogens (primary N) is 1. The molecule has 0 saturated heterocycles. The van der Waals surface area contributed by atoms with Gasteiger partial charge in [-0.3, -0.25) is 9.59 Å². The normalized spacial score (nSPS) is 12.7. The molecule has 2 heterocycles. The Morgan fingerprint density at radius 2 is 1.71 bits per heavy atom. The summed E-state index contributed by atoms with van der Waals surface area (Å²) in [5, 5.41) is 16.0. The van der Waals surface area contributed by atoms with Gasteiger partial charge in [0.15, 0.2) is 0 Å². The average Bonchev–Trinajstić information content (AvgIpc) is 3.48. The number of carbonyl (C=O) groups is 2. The molecule has 4 aromatic carbocycles. The van der Waals surface area contributed by atoms with Crippen LogP contribution >= 0.6 is 0 Å². The topological polar surface area (TPSA) is 111 Å². The summed E-state index contributed by atoms with van der Waals surface area (Å²) in [5.41, 5.74) is 10.5. The monoisotopic (exact) mass is 462 g/mol. The van der Waals surface area contributed by atoms with E-state index in [1.807, 2.05) is 36.4 Å². The molecule has 5 N–H and O–H groups in total. The van der Waals surface area contributed by atoms with Gasteiger partial charge in [0.05, 0.1) is 5.69 Å². The molecule has 1 aliphatic rings. The van der Waals surface area contributed by atoms with Crippen molar-refractivity contribution in [2.45, 2.75) is 6.42 Å². The van der Waals surface area contributed by atoms with Crippen LogP contribution in [-0.4, -0.2) is 28.4 Å². The van der Waals surface area contributed by atoms with Crippen LogP contribution in [0.5, 0.6) is 5.75 Å². The molecular weight excluding hydrogens is 440 g/mol. The van der Waals surface area contributed by atoms with E-state index in [1.165, 1.54) is 0 Å². The van der Waals surface area contributed by atoms with E-state index in [0.29, 0.717) is 29.2 Å². The number of nitrogens with one attached hydrogen (secondary N) is 2. The second-order valence-electron chi connectivity index (χ2n) is 8.71. The third-order valence-electron chi connectivity index (χ3n) is 6.51. The Hall–Kier alpha value is -4.78. The standard InChI is InChI=1S/C28H22N4O3/c29-18-7-5-16(6-8-18)27(34)30-19-9-10-23-17(13-19)14-24(31-23)28(35)32-12-11-21-20-3-1-2-4-22(20)26(33)15-25(21)32/h1-10,13-15,31,33H,11-12,29H2,(H,30,34). The maximum atomic E-state index is 13.4. The number of nitrogens with zero attached hydrogens (tertiary/aromatic N) is 1. The zero-order valence-corrected chi connectivity index (χ0v) is 18.7. The maximum Gasteiger partial charge on any atom is 0.274 e. The summed E-state index contributed by atoms with van der Waals surface area (Å²) in [6.45, 7) is 0.542. The van der Waals surface area contributed by atoms with E-state index >= 15 is 0 Å². The number of hydrogen-bond donors (Lipinski definition) is 4. The number of H-pyrrole nitrogens is 1. The number of benzene rings is 4. The number of fused-ring (bicyclic) bond motifs is 4. The van der Waals surface area contributed by atoms with Gasteiger partial charge in [-0.15, -0.1) is 0 Å². The molecule has 0 bridgehead atoms. The molecule has 7 nitrogen and oxygen atoms in total. The van der Waals surface area contributed by atoms with Crippen molar-refractivity contribution in [1.82, 2.24) is 4.98 Å². The van der Waals surface area contributed by atoms with E-state index in [1.54, 1.807) is 47.4 Å². The second-order valence-corrected chi connectivity index (χ2v) is 8.71. The van der Waals surface area contributed by atoms with E-state index in [4.69, 9.17) is 5.73 Å². The number of aromatic amines is 1. The highest BCUT2D eigenvalue weighted by atomic mass is 16.3. The number of nitrogen functional groups attached to an aromatic ring is 1. The van der Waals surface area contributed by atoms with E-state index < -0.39 is 0 Å². The van der Waals surface area contributed by atoms with Crippen molar-refractivity contribution in [3.63, 3.8) is 0 Å². The van der Waals surface area contributed by atoms with Gasteiger partial charge in [-0.1, -0.05) is 24.3 Å². The number of phenols is 1. The molecule has 7 heteroatoms. The number of aromatic hydroxyl groups is 1. The van der Waals surface area contributed by atoms with Gasteiger partial charge < -0.3 is 26.0 Å². The van der Waals surface area contributed by atoms with E-state index in [-0.39, 0.29) is 17.6 Å². The number of carbonyl (C=O) groups excluding carboxylic acids is 2. The van der Waals surface area contributed by atoms with Gasteiger partial charge in [-0.2, -0.15) is 0 Å². The van der Waals surface area contributed by atoms with Crippen LogP contribution in [0.3, 0.4) is 0 Å². The van der Waals surface area contributed by atoms with Crippen molar-refractivity contribution < 1.29 is 14.7 Å². The largest absolute Gasteiger partial charge is 0.507 e. The van der Waals surface area contributed by atoms with Crippen LogP contribution in [0.15, 0.2) is 78.9 Å². The smallest absolute Gasteiger partial charge is 0.274 e. The number of amides is 2. The second kappa shape index (κ2) is 7.92. The zero-order valence-electron chi connectivity index (χ0n) is 18.7. The Morgan fingerprint density at radius 1 is 0.943 bits per heavy atom. The molecule has 0 spiro atoms.